The zero-order valence-electron chi connectivity index (χ0n) is 10.3. The second kappa shape index (κ2) is 5.12. The molecule has 0 amide bonds. The van der Waals surface area contributed by atoms with Crippen LogP contribution in [-0.4, -0.2) is 7.05 Å². The van der Waals surface area contributed by atoms with Crippen molar-refractivity contribution < 1.29 is 0 Å². The van der Waals surface area contributed by atoms with Gasteiger partial charge in [-0.3, -0.25) is 0 Å². The van der Waals surface area contributed by atoms with Crippen LogP contribution >= 0.6 is 11.6 Å². The highest BCUT2D eigenvalue weighted by Crippen LogP contribution is 2.29. The largest absolute Gasteiger partial charge is 0.344 e. The van der Waals surface area contributed by atoms with Crippen LogP contribution in [0.3, 0.4) is 0 Å². The molecule has 0 saturated heterocycles. The third kappa shape index (κ3) is 2.32. The highest BCUT2D eigenvalue weighted by molar-refractivity contribution is 6.32. The maximum absolute atomic E-state index is 8.86. The van der Waals surface area contributed by atoms with Crippen LogP contribution in [0.1, 0.15) is 11.1 Å². The molecule has 2 aromatic rings. The van der Waals surface area contributed by atoms with Gasteiger partial charge in [0.25, 0.3) is 0 Å². The van der Waals surface area contributed by atoms with Crippen molar-refractivity contribution in [2.75, 3.05) is 11.9 Å². The van der Waals surface area contributed by atoms with Gasteiger partial charge < -0.3 is 4.90 Å². The number of anilines is 2. The summed E-state index contributed by atoms with van der Waals surface area (Å²) in [5.41, 5.74) is 3.78. The van der Waals surface area contributed by atoms with Crippen LogP contribution in [0, 0.1) is 18.3 Å². The van der Waals surface area contributed by atoms with Crippen molar-refractivity contribution in [3.8, 4) is 6.07 Å². The number of nitrogens with zero attached hydrogens (tertiary/aromatic N) is 2. The second-order valence-corrected chi connectivity index (χ2v) is 4.53. The fourth-order valence-electron chi connectivity index (χ4n) is 1.88. The summed E-state index contributed by atoms with van der Waals surface area (Å²) in [6.07, 6.45) is 0. The number of benzene rings is 2. The van der Waals surface area contributed by atoms with Crippen LogP contribution in [0.4, 0.5) is 11.4 Å². The molecule has 0 aliphatic rings. The smallest absolute Gasteiger partial charge is 0.101 e. The number of rotatable bonds is 2. The first-order chi connectivity index (χ1) is 8.63. The fraction of sp³-hybridized carbons (Fsp3) is 0.133. The number of para-hydroxylation sites is 1. The summed E-state index contributed by atoms with van der Waals surface area (Å²) in [7, 11) is 1.99. The van der Waals surface area contributed by atoms with E-state index in [2.05, 4.69) is 30.0 Å². The third-order valence-corrected chi connectivity index (χ3v) is 3.25. The molecule has 0 bridgehead atoms. The highest BCUT2D eigenvalue weighted by Gasteiger charge is 2.08. The van der Waals surface area contributed by atoms with E-state index in [1.54, 1.807) is 6.07 Å². The van der Waals surface area contributed by atoms with Gasteiger partial charge in [-0.1, -0.05) is 29.8 Å². The molecule has 2 nitrogen and oxygen atoms in total. The fourth-order valence-corrected chi connectivity index (χ4v) is 2.10. The summed E-state index contributed by atoms with van der Waals surface area (Å²) in [5.74, 6) is 0. The number of hydrogen-bond acceptors (Lipinski definition) is 2. The van der Waals surface area contributed by atoms with Crippen molar-refractivity contribution in [2.45, 2.75) is 6.92 Å². The Balaban J connectivity index is 2.41. The molecule has 0 radical (unpaired) electrons. The van der Waals surface area contributed by atoms with E-state index in [1.807, 2.05) is 31.3 Å². The molecule has 0 spiro atoms. The lowest BCUT2D eigenvalue weighted by molar-refractivity contribution is 1.18. The van der Waals surface area contributed by atoms with Crippen LogP contribution in [0.15, 0.2) is 42.5 Å². The van der Waals surface area contributed by atoms with E-state index in [9.17, 15) is 0 Å². The lowest BCUT2D eigenvalue weighted by Gasteiger charge is -2.21. The Kier molecular flexibility index (Phi) is 3.55. The average Bonchev–Trinajstić information content (AvgIpc) is 2.38. The van der Waals surface area contributed by atoms with Gasteiger partial charge in [-0.25, -0.2) is 0 Å². The zero-order chi connectivity index (χ0) is 13.1. The van der Waals surface area contributed by atoms with Gasteiger partial charge in [0.15, 0.2) is 0 Å². The van der Waals surface area contributed by atoms with Gasteiger partial charge in [0.05, 0.1) is 10.6 Å². The van der Waals surface area contributed by atoms with Crippen LogP contribution in [-0.2, 0) is 0 Å². The number of halogens is 1. The Morgan fingerprint density at radius 2 is 1.89 bits per heavy atom. The van der Waals surface area contributed by atoms with Gasteiger partial charge in [-0.05, 0) is 36.8 Å². The maximum atomic E-state index is 8.86. The van der Waals surface area contributed by atoms with Gasteiger partial charge in [-0.15, -0.1) is 0 Å². The van der Waals surface area contributed by atoms with Crippen molar-refractivity contribution in [1.82, 2.24) is 0 Å². The van der Waals surface area contributed by atoms with Gasteiger partial charge in [0.1, 0.15) is 6.07 Å². The molecular weight excluding hydrogens is 244 g/mol. The quantitative estimate of drug-likeness (QED) is 0.802. The first-order valence-electron chi connectivity index (χ1n) is 5.62. The Morgan fingerprint density at radius 3 is 2.50 bits per heavy atom. The molecule has 0 fully saturated rings. The summed E-state index contributed by atoms with van der Waals surface area (Å²) in [5, 5.41) is 9.34. The molecule has 0 saturated carbocycles. The first-order valence-corrected chi connectivity index (χ1v) is 6.00. The average molecular weight is 257 g/mol. The SMILES string of the molecule is Cc1ccccc1N(C)c1ccc(C#N)c(Cl)c1. The van der Waals surface area contributed by atoms with Crippen molar-refractivity contribution in [3.05, 3.63) is 58.6 Å². The van der Waals surface area contributed by atoms with E-state index in [-0.39, 0.29) is 0 Å². The summed E-state index contributed by atoms with van der Waals surface area (Å²) in [4.78, 5) is 2.06. The lowest BCUT2D eigenvalue weighted by atomic mass is 10.1. The number of hydrogen-bond donors (Lipinski definition) is 0. The zero-order valence-corrected chi connectivity index (χ0v) is 11.1. The van der Waals surface area contributed by atoms with Gasteiger partial charge in [-0.2, -0.15) is 5.26 Å². The Morgan fingerprint density at radius 1 is 1.17 bits per heavy atom. The molecular formula is C15H13ClN2. The molecule has 0 unspecified atom stereocenters. The molecule has 18 heavy (non-hydrogen) atoms. The number of aryl methyl sites for hydroxylation is 1. The predicted octanol–water partition coefficient (Wildman–Crippen LogP) is 4.29. The minimum atomic E-state index is 0.482. The number of nitriles is 1. The molecule has 0 N–H and O–H groups in total. The van der Waals surface area contributed by atoms with Crippen LogP contribution in [0.2, 0.25) is 5.02 Å². The summed E-state index contributed by atoms with van der Waals surface area (Å²) in [6.45, 7) is 2.07. The Bertz CT molecular complexity index is 614. The third-order valence-electron chi connectivity index (χ3n) is 2.94. The normalized spacial score (nSPS) is 9.89. The minimum absolute atomic E-state index is 0.482. The molecule has 3 heteroatoms. The van der Waals surface area contributed by atoms with Crippen LogP contribution in [0.25, 0.3) is 0 Å². The predicted molar refractivity (Wildman–Crippen MR) is 75.4 cm³/mol. The molecule has 90 valence electrons. The van der Waals surface area contributed by atoms with Crippen LogP contribution < -0.4 is 4.90 Å². The molecule has 2 aromatic carbocycles. The van der Waals surface area contributed by atoms with Gasteiger partial charge in [0.2, 0.25) is 0 Å². The molecule has 0 aromatic heterocycles. The van der Waals surface area contributed by atoms with E-state index >= 15 is 0 Å². The Hall–Kier alpha value is -1.98. The summed E-state index contributed by atoms with van der Waals surface area (Å²) < 4.78 is 0. The monoisotopic (exact) mass is 256 g/mol. The maximum Gasteiger partial charge on any atom is 0.101 e. The van der Waals surface area contributed by atoms with Gasteiger partial charge in [0, 0.05) is 18.4 Å². The van der Waals surface area contributed by atoms with Crippen molar-refractivity contribution in [1.29, 1.82) is 5.26 Å². The van der Waals surface area contributed by atoms with Crippen molar-refractivity contribution in [2.24, 2.45) is 0 Å². The molecule has 2 rings (SSSR count). The van der Waals surface area contributed by atoms with Gasteiger partial charge >= 0.3 is 0 Å². The lowest BCUT2D eigenvalue weighted by Crippen LogP contribution is -2.10. The van der Waals surface area contributed by atoms with E-state index in [1.165, 1.54) is 5.56 Å². The first kappa shape index (κ1) is 12.5. The molecule has 0 aliphatic carbocycles. The molecule has 0 heterocycles. The van der Waals surface area contributed by atoms with E-state index in [0.717, 1.165) is 11.4 Å². The van der Waals surface area contributed by atoms with E-state index in [0.29, 0.717) is 10.6 Å². The summed E-state index contributed by atoms with van der Waals surface area (Å²) in [6, 6.07) is 15.7. The van der Waals surface area contributed by atoms with Crippen LogP contribution in [0.5, 0.6) is 0 Å². The standard InChI is InChI=1S/C15H13ClN2/c1-11-5-3-4-6-15(11)18(2)13-8-7-12(10-17)14(16)9-13/h3-9H,1-2H3. The van der Waals surface area contributed by atoms with E-state index < -0.39 is 0 Å². The van der Waals surface area contributed by atoms with E-state index in [4.69, 9.17) is 16.9 Å². The molecule has 0 aliphatic heterocycles. The Labute approximate surface area is 112 Å². The minimum Gasteiger partial charge on any atom is -0.344 e. The second-order valence-electron chi connectivity index (χ2n) is 4.12. The summed E-state index contributed by atoms with van der Waals surface area (Å²) >= 11 is 6.05. The van der Waals surface area contributed by atoms with Crippen molar-refractivity contribution in [3.63, 3.8) is 0 Å². The van der Waals surface area contributed by atoms with Crippen molar-refractivity contribution >= 4 is 23.0 Å². The highest BCUT2D eigenvalue weighted by atomic mass is 35.5. The molecule has 0 atom stereocenters. The topological polar surface area (TPSA) is 27.0 Å².